The maximum Gasteiger partial charge on any atom is 0.190 e. The van der Waals surface area contributed by atoms with Crippen molar-refractivity contribution in [1.82, 2.24) is 4.57 Å². The molecule has 0 bridgehead atoms. The summed E-state index contributed by atoms with van der Waals surface area (Å²) in [7, 11) is 1.74. The molecule has 1 heterocycles. The lowest BCUT2D eigenvalue weighted by Crippen LogP contribution is -2.17. The third kappa shape index (κ3) is 4.02. The predicted octanol–water partition coefficient (Wildman–Crippen LogP) is 4.79. The fraction of sp³-hybridized carbons (Fsp3) is 0.250. The van der Waals surface area contributed by atoms with Crippen LogP contribution in [0.4, 0.5) is 5.69 Å². The third-order valence-corrected chi connectivity index (χ3v) is 4.72. The quantitative estimate of drug-likeness (QED) is 0.593. The van der Waals surface area contributed by atoms with Crippen LogP contribution in [0.5, 0.6) is 0 Å². The van der Waals surface area contributed by atoms with E-state index in [1.807, 2.05) is 6.07 Å². The van der Waals surface area contributed by atoms with Crippen molar-refractivity contribution in [2.24, 2.45) is 4.99 Å². The summed E-state index contributed by atoms with van der Waals surface area (Å²) in [6.07, 6.45) is 0.966. The molecule has 2 aromatic carbocycles. The highest BCUT2D eigenvalue weighted by molar-refractivity contribution is 7.07. The molecular formula is C20H22N2OS. The van der Waals surface area contributed by atoms with Crippen molar-refractivity contribution in [3.63, 3.8) is 0 Å². The van der Waals surface area contributed by atoms with Gasteiger partial charge in [-0.05, 0) is 31.0 Å². The van der Waals surface area contributed by atoms with Gasteiger partial charge in [-0.1, -0.05) is 48.0 Å². The summed E-state index contributed by atoms with van der Waals surface area (Å²) < 4.78 is 7.51. The maximum absolute atomic E-state index is 5.22. The average Bonchev–Trinajstić information content (AvgIpc) is 3.01. The van der Waals surface area contributed by atoms with E-state index in [1.54, 1.807) is 18.4 Å². The molecule has 0 aliphatic rings. The van der Waals surface area contributed by atoms with Gasteiger partial charge in [0.05, 0.1) is 11.4 Å². The minimum absolute atomic E-state index is 0.751. The number of aromatic nitrogens is 1. The summed E-state index contributed by atoms with van der Waals surface area (Å²) in [5.41, 5.74) is 4.67. The standard InChI is InChI=1S/C20H22N2OS/c1-16-9-11-18(12-10-16)21-20-22(13-6-14-23-2)19(15-24-20)17-7-4-3-5-8-17/h3-5,7-12,15H,6,13-14H2,1-2H3. The highest BCUT2D eigenvalue weighted by atomic mass is 32.1. The number of thiazole rings is 1. The first-order valence-electron chi connectivity index (χ1n) is 8.12. The van der Waals surface area contributed by atoms with Crippen LogP contribution in [0.3, 0.4) is 0 Å². The Morgan fingerprint density at radius 1 is 1.04 bits per heavy atom. The van der Waals surface area contributed by atoms with Crippen LogP contribution >= 0.6 is 11.3 Å². The molecule has 0 N–H and O–H groups in total. The molecule has 0 aliphatic heterocycles. The fourth-order valence-corrected chi connectivity index (χ4v) is 3.53. The second-order valence-corrected chi connectivity index (χ2v) is 6.55. The zero-order valence-corrected chi connectivity index (χ0v) is 14.9. The van der Waals surface area contributed by atoms with Crippen LogP contribution in [0.1, 0.15) is 12.0 Å². The maximum atomic E-state index is 5.22. The molecule has 124 valence electrons. The highest BCUT2D eigenvalue weighted by Crippen LogP contribution is 2.21. The van der Waals surface area contributed by atoms with Gasteiger partial charge in [-0.25, -0.2) is 4.99 Å². The summed E-state index contributed by atoms with van der Waals surface area (Å²) in [5.74, 6) is 0. The van der Waals surface area contributed by atoms with Gasteiger partial charge in [0.15, 0.2) is 4.80 Å². The van der Waals surface area contributed by atoms with E-state index in [1.165, 1.54) is 16.8 Å². The Kier molecular flexibility index (Phi) is 5.62. The number of hydrogen-bond donors (Lipinski definition) is 0. The van der Waals surface area contributed by atoms with Gasteiger partial charge in [0.25, 0.3) is 0 Å². The van der Waals surface area contributed by atoms with Crippen LogP contribution in [0.2, 0.25) is 0 Å². The van der Waals surface area contributed by atoms with Crippen molar-refractivity contribution in [2.45, 2.75) is 19.9 Å². The van der Waals surface area contributed by atoms with Crippen molar-refractivity contribution in [1.29, 1.82) is 0 Å². The summed E-state index contributed by atoms with van der Waals surface area (Å²) in [6.45, 7) is 3.74. The molecule has 0 radical (unpaired) electrons. The van der Waals surface area contributed by atoms with E-state index < -0.39 is 0 Å². The van der Waals surface area contributed by atoms with E-state index in [-0.39, 0.29) is 0 Å². The molecule has 0 aliphatic carbocycles. The lowest BCUT2D eigenvalue weighted by Gasteiger charge is -2.09. The van der Waals surface area contributed by atoms with Crippen LogP contribution in [0.15, 0.2) is 65.0 Å². The minimum Gasteiger partial charge on any atom is -0.385 e. The van der Waals surface area contributed by atoms with Crippen molar-refractivity contribution in [2.75, 3.05) is 13.7 Å². The third-order valence-electron chi connectivity index (χ3n) is 3.86. The summed E-state index contributed by atoms with van der Waals surface area (Å²) in [5, 5.41) is 2.19. The van der Waals surface area contributed by atoms with E-state index in [2.05, 4.69) is 65.4 Å². The molecule has 0 spiro atoms. The second-order valence-electron chi connectivity index (χ2n) is 5.71. The molecule has 0 atom stereocenters. The zero-order chi connectivity index (χ0) is 16.8. The number of rotatable bonds is 6. The Morgan fingerprint density at radius 2 is 1.79 bits per heavy atom. The Hall–Kier alpha value is -2.17. The number of nitrogens with zero attached hydrogens (tertiary/aromatic N) is 2. The molecule has 1 aromatic heterocycles. The summed E-state index contributed by atoms with van der Waals surface area (Å²) in [4.78, 5) is 5.87. The molecule has 0 fully saturated rings. The molecule has 24 heavy (non-hydrogen) atoms. The molecule has 3 nitrogen and oxygen atoms in total. The summed E-state index contributed by atoms with van der Waals surface area (Å²) >= 11 is 1.68. The van der Waals surface area contributed by atoms with E-state index in [0.717, 1.165) is 30.1 Å². The fourth-order valence-electron chi connectivity index (χ4n) is 2.57. The van der Waals surface area contributed by atoms with Crippen molar-refractivity contribution in [3.05, 3.63) is 70.3 Å². The SMILES string of the molecule is COCCCn1c(-c2ccccc2)csc1=Nc1ccc(C)cc1. The monoisotopic (exact) mass is 338 g/mol. The molecule has 0 saturated heterocycles. The molecule has 0 saturated carbocycles. The number of methoxy groups -OCH3 is 1. The number of hydrogen-bond acceptors (Lipinski definition) is 3. The van der Waals surface area contributed by atoms with E-state index in [9.17, 15) is 0 Å². The molecule has 0 amide bonds. The topological polar surface area (TPSA) is 26.5 Å². The first-order valence-corrected chi connectivity index (χ1v) is 9.00. The van der Waals surface area contributed by atoms with Gasteiger partial charge in [0.2, 0.25) is 0 Å². The van der Waals surface area contributed by atoms with Crippen molar-refractivity contribution in [3.8, 4) is 11.3 Å². The van der Waals surface area contributed by atoms with Crippen LogP contribution in [-0.2, 0) is 11.3 Å². The smallest absolute Gasteiger partial charge is 0.190 e. The Bertz CT molecular complexity index is 832. The normalized spacial score (nSPS) is 11.8. The van der Waals surface area contributed by atoms with Crippen LogP contribution < -0.4 is 4.80 Å². The zero-order valence-electron chi connectivity index (χ0n) is 14.1. The average molecular weight is 338 g/mol. The van der Waals surface area contributed by atoms with E-state index in [4.69, 9.17) is 9.73 Å². The largest absolute Gasteiger partial charge is 0.385 e. The first-order chi connectivity index (χ1) is 11.8. The number of ether oxygens (including phenoxy) is 1. The highest BCUT2D eigenvalue weighted by Gasteiger charge is 2.07. The van der Waals surface area contributed by atoms with Gasteiger partial charge in [-0.15, -0.1) is 11.3 Å². The van der Waals surface area contributed by atoms with Crippen LogP contribution in [-0.4, -0.2) is 18.3 Å². The molecule has 3 aromatic rings. The van der Waals surface area contributed by atoms with Crippen molar-refractivity contribution >= 4 is 17.0 Å². The second kappa shape index (κ2) is 8.08. The Balaban J connectivity index is 2.02. The molecule has 4 heteroatoms. The minimum atomic E-state index is 0.751. The van der Waals surface area contributed by atoms with Gasteiger partial charge in [-0.3, -0.25) is 0 Å². The Labute approximate surface area is 146 Å². The number of aryl methyl sites for hydroxylation is 1. The lowest BCUT2D eigenvalue weighted by molar-refractivity contribution is 0.190. The summed E-state index contributed by atoms with van der Waals surface area (Å²) in [6, 6.07) is 18.8. The van der Waals surface area contributed by atoms with Gasteiger partial charge in [-0.2, -0.15) is 0 Å². The molecule has 3 rings (SSSR count). The lowest BCUT2D eigenvalue weighted by atomic mass is 10.2. The molecule has 0 unspecified atom stereocenters. The van der Waals surface area contributed by atoms with E-state index in [0.29, 0.717) is 0 Å². The van der Waals surface area contributed by atoms with E-state index >= 15 is 0 Å². The number of benzene rings is 2. The van der Waals surface area contributed by atoms with Gasteiger partial charge in [0.1, 0.15) is 0 Å². The van der Waals surface area contributed by atoms with Crippen molar-refractivity contribution < 1.29 is 4.74 Å². The van der Waals surface area contributed by atoms with Crippen LogP contribution in [0, 0.1) is 6.92 Å². The van der Waals surface area contributed by atoms with Gasteiger partial charge < -0.3 is 9.30 Å². The van der Waals surface area contributed by atoms with Gasteiger partial charge in [0, 0.05) is 25.6 Å². The predicted molar refractivity (Wildman–Crippen MR) is 101 cm³/mol. The molecular weight excluding hydrogens is 316 g/mol. The first kappa shape index (κ1) is 16.7. The Morgan fingerprint density at radius 3 is 2.50 bits per heavy atom. The van der Waals surface area contributed by atoms with Crippen LogP contribution in [0.25, 0.3) is 11.3 Å². The van der Waals surface area contributed by atoms with Gasteiger partial charge >= 0.3 is 0 Å².